The van der Waals surface area contributed by atoms with Crippen LogP contribution in [0.2, 0.25) is 0 Å². The molecule has 0 aliphatic heterocycles. The van der Waals surface area contributed by atoms with Crippen LogP contribution in [0.3, 0.4) is 0 Å². The number of carbonyl (C=O) groups excluding carboxylic acids is 1. The number of hydrazone groups is 1. The molecule has 6 heteroatoms. The molecule has 0 radical (unpaired) electrons. The zero-order valence-electron chi connectivity index (χ0n) is 18.3. The molecule has 160 valence electrons. The van der Waals surface area contributed by atoms with Crippen LogP contribution in [-0.2, 0) is 6.54 Å². The molecule has 0 spiro atoms. The predicted molar refractivity (Wildman–Crippen MR) is 123 cm³/mol. The van der Waals surface area contributed by atoms with Gasteiger partial charge in [0.15, 0.2) is 5.69 Å². The SMILES string of the molecule is CC1C/C(=N\NC(=O)c2nn(Cc3ccccc3)c(=O)c3ccccc23)CC(C)(C)C1. The summed E-state index contributed by atoms with van der Waals surface area (Å²) in [6.07, 6.45) is 2.89. The topological polar surface area (TPSA) is 76.3 Å². The maximum absolute atomic E-state index is 13.1. The largest absolute Gasteiger partial charge is 0.292 e. The Hall–Kier alpha value is -3.28. The van der Waals surface area contributed by atoms with E-state index < -0.39 is 5.91 Å². The number of nitrogens with one attached hydrogen (secondary N) is 1. The lowest BCUT2D eigenvalue weighted by Gasteiger charge is -2.34. The van der Waals surface area contributed by atoms with E-state index in [1.54, 1.807) is 24.3 Å². The molecular weight excluding hydrogens is 388 g/mol. The highest BCUT2D eigenvalue weighted by Gasteiger charge is 2.29. The predicted octanol–water partition coefficient (Wildman–Crippen LogP) is 4.38. The Labute approximate surface area is 182 Å². The number of benzene rings is 2. The zero-order chi connectivity index (χ0) is 22.0. The third kappa shape index (κ3) is 4.74. The second-order valence-electron chi connectivity index (χ2n) is 9.32. The average Bonchev–Trinajstić information content (AvgIpc) is 2.73. The molecule has 31 heavy (non-hydrogen) atoms. The maximum atomic E-state index is 13.1. The minimum absolute atomic E-state index is 0.176. The number of carbonyl (C=O) groups is 1. The van der Waals surface area contributed by atoms with Crippen molar-refractivity contribution in [2.45, 2.75) is 46.6 Å². The molecule has 1 aromatic heterocycles. The van der Waals surface area contributed by atoms with E-state index in [-0.39, 0.29) is 16.7 Å². The monoisotopic (exact) mass is 416 g/mol. The lowest BCUT2D eigenvalue weighted by molar-refractivity contribution is 0.0948. The molecule has 0 saturated heterocycles. The molecule has 1 aliphatic carbocycles. The lowest BCUT2D eigenvalue weighted by Crippen LogP contribution is -2.32. The van der Waals surface area contributed by atoms with Crippen molar-refractivity contribution < 1.29 is 4.79 Å². The number of hydrogen-bond donors (Lipinski definition) is 1. The Bertz CT molecular complexity index is 1200. The van der Waals surface area contributed by atoms with E-state index in [1.807, 2.05) is 30.3 Å². The van der Waals surface area contributed by atoms with Crippen molar-refractivity contribution in [2.24, 2.45) is 16.4 Å². The van der Waals surface area contributed by atoms with E-state index in [0.717, 1.165) is 30.5 Å². The van der Waals surface area contributed by atoms with Crippen molar-refractivity contribution in [3.63, 3.8) is 0 Å². The Morgan fingerprint density at radius 2 is 1.81 bits per heavy atom. The first-order valence-electron chi connectivity index (χ1n) is 10.7. The van der Waals surface area contributed by atoms with E-state index in [1.165, 1.54) is 4.68 Å². The second kappa shape index (κ2) is 8.46. The minimum Gasteiger partial charge on any atom is -0.267 e. The Morgan fingerprint density at radius 3 is 2.52 bits per heavy atom. The van der Waals surface area contributed by atoms with Crippen molar-refractivity contribution in [1.82, 2.24) is 15.2 Å². The van der Waals surface area contributed by atoms with Gasteiger partial charge >= 0.3 is 0 Å². The number of nitrogens with zero attached hydrogens (tertiary/aromatic N) is 3. The third-order valence-corrected chi connectivity index (χ3v) is 5.74. The first kappa shape index (κ1) is 21.0. The molecule has 4 rings (SSSR count). The molecule has 1 N–H and O–H groups in total. The summed E-state index contributed by atoms with van der Waals surface area (Å²) in [5.41, 5.74) is 4.81. The third-order valence-electron chi connectivity index (χ3n) is 5.74. The van der Waals surface area contributed by atoms with Gasteiger partial charge in [-0.2, -0.15) is 10.2 Å². The zero-order valence-corrected chi connectivity index (χ0v) is 18.3. The first-order valence-corrected chi connectivity index (χ1v) is 10.7. The van der Waals surface area contributed by atoms with E-state index >= 15 is 0 Å². The molecule has 2 aromatic carbocycles. The summed E-state index contributed by atoms with van der Waals surface area (Å²) < 4.78 is 1.35. The summed E-state index contributed by atoms with van der Waals surface area (Å²) in [7, 11) is 0. The van der Waals surface area contributed by atoms with Gasteiger partial charge in [0.1, 0.15) is 0 Å². The molecule has 1 amide bonds. The van der Waals surface area contributed by atoms with Crippen molar-refractivity contribution in [2.75, 3.05) is 0 Å². The normalized spacial score (nSPS) is 19.5. The van der Waals surface area contributed by atoms with E-state index in [4.69, 9.17) is 0 Å². The van der Waals surface area contributed by atoms with Crippen LogP contribution in [0, 0.1) is 11.3 Å². The van der Waals surface area contributed by atoms with Gasteiger partial charge in [-0.15, -0.1) is 0 Å². The number of fused-ring (bicyclic) bond motifs is 1. The molecule has 1 saturated carbocycles. The molecule has 6 nitrogen and oxygen atoms in total. The van der Waals surface area contributed by atoms with E-state index in [2.05, 4.69) is 36.4 Å². The fraction of sp³-hybridized carbons (Fsp3) is 0.360. The standard InChI is InChI=1S/C25H28N4O2/c1-17-13-19(15-25(2,3)14-17)26-27-23(30)22-20-11-7-8-12-21(20)24(31)29(28-22)16-18-9-5-4-6-10-18/h4-12,17H,13-16H2,1-3H3,(H,27,30)/b26-19+. The van der Waals surface area contributed by atoms with Gasteiger partial charge in [-0.1, -0.05) is 69.3 Å². The van der Waals surface area contributed by atoms with Gasteiger partial charge in [0.25, 0.3) is 11.5 Å². The molecule has 3 aromatic rings. The van der Waals surface area contributed by atoms with E-state index in [9.17, 15) is 9.59 Å². The maximum Gasteiger partial charge on any atom is 0.292 e. The molecular formula is C25H28N4O2. The van der Waals surface area contributed by atoms with Gasteiger partial charge in [0.2, 0.25) is 0 Å². The van der Waals surface area contributed by atoms with Crippen LogP contribution in [0.4, 0.5) is 0 Å². The molecule has 1 unspecified atom stereocenters. The molecule has 1 fully saturated rings. The number of aromatic nitrogens is 2. The fourth-order valence-corrected chi connectivity index (χ4v) is 4.65. The molecule has 1 atom stereocenters. The van der Waals surface area contributed by atoms with Gasteiger partial charge in [0, 0.05) is 11.1 Å². The first-order chi connectivity index (χ1) is 14.8. The summed E-state index contributed by atoms with van der Waals surface area (Å²) in [4.78, 5) is 26.0. The van der Waals surface area contributed by atoms with Crippen LogP contribution in [0.25, 0.3) is 10.8 Å². The average molecular weight is 417 g/mol. The highest BCUT2D eigenvalue weighted by molar-refractivity contribution is 6.05. The summed E-state index contributed by atoms with van der Waals surface area (Å²) in [6, 6.07) is 16.7. The van der Waals surface area contributed by atoms with Crippen molar-refractivity contribution in [1.29, 1.82) is 0 Å². The highest BCUT2D eigenvalue weighted by atomic mass is 16.2. The molecule has 0 bridgehead atoms. The minimum atomic E-state index is -0.401. The van der Waals surface area contributed by atoms with Gasteiger partial charge in [-0.05, 0) is 42.2 Å². The van der Waals surface area contributed by atoms with Crippen LogP contribution < -0.4 is 11.0 Å². The fourth-order valence-electron chi connectivity index (χ4n) is 4.65. The van der Waals surface area contributed by atoms with Gasteiger partial charge in [-0.25, -0.2) is 10.1 Å². The van der Waals surface area contributed by atoms with E-state index in [0.29, 0.717) is 23.2 Å². The van der Waals surface area contributed by atoms with Crippen LogP contribution in [0.5, 0.6) is 0 Å². The number of amides is 1. The summed E-state index contributed by atoms with van der Waals surface area (Å²) in [5.74, 6) is 0.132. The van der Waals surface area contributed by atoms with Crippen LogP contribution >= 0.6 is 0 Å². The number of rotatable bonds is 4. The quantitative estimate of drug-likeness (QED) is 0.642. The molecule has 1 aliphatic rings. The Kier molecular flexibility index (Phi) is 5.72. The Morgan fingerprint density at radius 1 is 1.13 bits per heavy atom. The molecule has 1 heterocycles. The van der Waals surface area contributed by atoms with Gasteiger partial charge < -0.3 is 0 Å². The van der Waals surface area contributed by atoms with Crippen LogP contribution in [0.1, 0.15) is 56.1 Å². The van der Waals surface area contributed by atoms with Gasteiger partial charge in [0.05, 0.1) is 11.9 Å². The van der Waals surface area contributed by atoms with Crippen molar-refractivity contribution >= 4 is 22.4 Å². The Balaban J connectivity index is 1.68. The summed E-state index contributed by atoms with van der Waals surface area (Å²) in [6.45, 7) is 6.97. The second-order valence-corrected chi connectivity index (χ2v) is 9.32. The number of hydrogen-bond acceptors (Lipinski definition) is 4. The van der Waals surface area contributed by atoms with Crippen molar-refractivity contribution in [3.8, 4) is 0 Å². The van der Waals surface area contributed by atoms with Crippen molar-refractivity contribution in [3.05, 3.63) is 76.2 Å². The lowest BCUT2D eigenvalue weighted by atomic mass is 9.72. The smallest absolute Gasteiger partial charge is 0.267 e. The van der Waals surface area contributed by atoms with Crippen LogP contribution in [0.15, 0.2) is 64.5 Å². The highest BCUT2D eigenvalue weighted by Crippen LogP contribution is 2.36. The summed E-state index contributed by atoms with van der Waals surface area (Å²) in [5, 5.41) is 9.87. The van der Waals surface area contributed by atoms with Gasteiger partial charge in [-0.3, -0.25) is 9.59 Å². The summed E-state index contributed by atoms with van der Waals surface area (Å²) >= 11 is 0. The van der Waals surface area contributed by atoms with Crippen LogP contribution in [-0.4, -0.2) is 21.4 Å².